The molecule has 1 heterocycles. The summed E-state index contributed by atoms with van der Waals surface area (Å²) in [6, 6.07) is 16.7. The molecule has 0 saturated heterocycles. The van der Waals surface area contributed by atoms with Crippen molar-refractivity contribution in [2.45, 2.75) is 0 Å². The van der Waals surface area contributed by atoms with Crippen molar-refractivity contribution in [3.05, 3.63) is 86.1 Å². The monoisotopic (exact) mass is 373 g/mol. The van der Waals surface area contributed by atoms with Crippen LogP contribution >= 0.6 is 22.9 Å². The normalized spacial score (nSPS) is 11.2. The molecule has 0 spiro atoms. The van der Waals surface area contributed by atoms with Crippen LogP contribution in [0.1, 0.15) is 4.88 Å². The van der Waals surface area contributed by atoms with Crippen molar-refractivity contribution in [2.24, 2.45) is 5.10 Å². The smallest absolute Gasteiger partial charge is 0.269 e. The predicted molar refractivity (Wildman–Crippen MR) is 99.7 cm³/mol. The van der Waals surface area contributed by atoms with Crippen LogP contribution in [-0.4, -0.2) is 10.8 Å². The van der Waals surface area contributed by atoms with Crippen LogP contribution in [0.4, 0.5) is 11.4 Å². The maximum atomic E-state index is 10.7. The lowest BCUT2D eigenvalue weighted by Crippen LogP contribution is -2.11. The average molecular weight is 374 g/mol. The van der Waals surface area contributed by atoms with Crippen LogP contribution in [0.3, 0.4) is 0 Å². The molecule has 0 unspecified atom stereocenters. The number of hydrogen-bond acceptors (Lipinski definition) is 6. The molecule has 0 atom stereocenters. The number of hydrogen-bond donors (Lipinski definition) is 1. The number of ether oxygens (including phenoxy) is 1. The topological polar surface area (TPSA) is 76.8 Å². The van der Waals surface area contributed by atoms with Gasteiger partial charge in [0.1, 0.15) is 5.75 Å². The van der Waals surface area contributed by atoms with E-state index in [0.29, 0.717) is 22.4 Å². The molecule has 1 aromatic heterocycles. The fourth-order valence-electron chi connectivity index (χ4n) is 1.92. The van der Waals surface area contributed by atoms with Gasteiger partial charge in [0.25, 0.3) is 11.6 Å². The summed E-state index contributed by atoms with van der Waals surface area (Å²) >= 11 is 7.36. The molecule has 126 valence electrons. The highest BCUT2D eigenvalue weighted by Gasteiger charge is 2.09. The van der Waals surface area contributed by atoms with Crippen LogP contribution in [-0.2, 0) is 0 Å². The number of nitro groups is 1. The third kappa shape index (κ3) is 4.56. The van der Waals surface area contributed by atoms with E-state index in [2.05, 4.69) is 10.5 Å². The van der Waals surface area contributed by atoms with Gasteiger partial charge in [-0.25, -0.2) is 0 Å². The maximum absolute atomic E-state index is 10.7. The Kier molecular flexibility index (Phi) is 5.27. The second kappa shape index (κ2) is 7.78. The molecule has 0 aliphatic heterocycles. The Morgan fingerprint density at radius 3 is 2.44 bits per heavy atom. The fraction of sp³-hybridized carbons (Fsp3) is 0. The van der Waals surface area contributed by atoms with Crippen molar-refractivity contribution in [3.63, 3.8) is 0 Å². The summed E-state index contributed by atoms with van der Waals surface area (Å²) in [5.74, 6) is 0.984. The number of nitro benzene ring substituents is 1. The summed E-state index contributed by atoms with van der Waals surface area (Å²) in [7, 11) is 0. The van der Waals surface area contributed by atoms with Crippen LogP contribution in [0.15, 0.2) is 71.1 Å². The number of anilines is 1. The van der Waals surface area contributed by atoms with Gasteiger partial charge in [-0.05, 0) is 47.8 Å². The molecule has 8 heteroatoms. The molecule has 2 aromatic carbocycles. The minimum atomic E-state index is -0.451. The van der Waals surface area contributed by atoms with Crippen LogP contribution < -0.4 is 10.2 Å². The minimum absolute atomic E-state index is 0.0189. The molecule has 1 N–H and O–H groups in total. The number of halogens is 1. The summed E-state index contributed by atoms with van der Waals surface area (Å²) in [6.07, 6.45) is 0. The Labute approximate surface area is 152 Å². The summed E-state index contributed by atoms with van der Waals surface area (Å²) in [5, 5.41) is 17.5. The lowest BCUT2D eigenvalue weighted by atomic mass is 10.3. The van der Waals surface area contributed by atoms with E-state index < -0.39 is 4.92 Å². The Balaban J connectivity index is 1.80. The number of thiophene rings is 1. The predicted octanol–water partition coefficient (Wildman–Crippen LogP) is 5.16. The van der Waals surface area contributed by atoms with Gasteiger partial charge < -0.3 is 4.74 Å². The molecule has 25 heavy (non-hydrogen) atoms. The summed E-state index contributed by atoms with van der Waals surface area (Å²) in [4.78, 5) is 11.1. The van der Waals surface area contributed by atoms with Gasteiger partial charge in [-0.1, -0.05) is 17.7 Å². The second-order valence-corrected chi connectivity index (χ2v) is 6.25. The van der Waals surface area contributed by atoms with Gasteiger partial charge in [0.05, 0.1) is 15.5 Å². The number of benzene rings is 2. The first-order valence-corrected chi connectivity index (χ1v) is 8.43. The SMILES string of the molecule is O=[N+]([O-])c1ccc(N/N=C(\Oc2ccc(Cl)cc2)c2cccs2)cc1. The van der Waals surface area contributed by atoms with Crippen molar-refractivity contribution in [1.29, 1.82) is 0 Å². The first kappa shape index (κ1) is 16.9. The van der Waals surface area contributed by atoms with E-state index >= 15 is 0 Å². The number of hydrazone groups is 1. The second-order valence-electron chi connectivity index (χ2n) is 4.87. The first-order chi connectivity index (χ1) is 12.1. The van der Waals surface area contributed by atoms with Crippen LogP contribution in [0.5, 0.6) is 5.75 Å². The van der Waals surface area contributed by atoms with Crippen molar-refractivity contribution >= 4 is 40.2 Å². The van der Waals surface area contributed by atoms with E-state index in [-0.39, 0.29) is 5.69 Å². The molecule has 0 radical (unpaired) electrons. The molecule has 0 amide bonds. The van der Waals surface area contributed by atoms with Crippen LogP contribution in [0.25, 0.3) is 0 Å². The third-order valence-electron chi connectivity index (χ3n) is 3.12. The Bertz CT molecular complexity index is 879. The summed E-state index contributed by atoms with van der Waals surface area (Å²) in [6.45, 7) is 0. The van der Waals surface area contributed by atoms with Gasteiger partial charge in [0.15, 0.2) is 0 Å². The third-order valence-corrected chi connectivity index (χ3v) is 4.23. The number of rotatable bonds is 5. The first-order valence-electron chi connectivity index (χ1n) is 7.17. The average Bonchev–Trinajstić information content (AvgIpc) is 3.15. The Morgan fingerprint density at radius 2 is 1.84 bits per heavy atom. The Morgan fingerprint density at radius 1 is 1.12 bits per heavy atom. The van der Waals surface area contributed by atoms with Crippen molar-refractivity contribution in [3.8, 4) is 5.75 Å². The molecule has 3 rings (SSSR count). The van der Waals surface area contributed by atoms with Crippen molar-refractivity contribution < 1.29 is 9.66 Å². The zero-order chi connectivity index (χ0) is 17.6. The number of non-ortho nitro benzene ring substituents is 1. The van der Waals surface area contributed by atoms with E-state index in [0.717, 1.165) is 4.88 Å². The summed E-state index contributed by atoms with van der Waals surface area (Å²) < 4.78 is 5.83. The highest BCUT2D eigenvalue weighted by atomic mass is 35.5. The zero-order valence-electron chi connectivity index (χ0n) is 12.8. The molecule has 0 aliphatic carbocycles. The van der Waals surface area contributed by atoms with E-state index in [1.165, 1.54) is 23.5 Å². The van der Waals surface area contributed by atoms with Crippen LogP contribution in [0, 0.1) is 10.1 Å². The van der Waals surface area contributed by atoms with Crippen molar-refractivity contribution in [1.82, 2.24) is 0 Å². The van der Waals surface area contributed by atoms with Gasteiger partial charge in [0.2, 0.25) is 0 Å². The molecule has 0 bridgehead atoms. The minimum Gasteiger partial charge on any atom is -0.437 e. The quantitative estimate of drug-likeness (QED) is 0.290. The lowest BCUT2D eigenvalue weighted by Gasteiger charge is -2.08. The van der Waals surface area contributed by atoms with Crippen LogP contribution in [0.2, 0.25) is 5.02 Å². The summed E-state index contributed by atoms with van der Waals surface area (Å²) in [5.41, 5.74) is 3.48. The zero-order valence-corrected chi connectivity index (χ0v) is 14.3. The molecule has 0 aliphatic rings. The van der Waals surface area contributed by atoms with E-state index in [4.69, 9.17) is 16.3 Å². The Hall–Kier alpha value is -2.90. The standard InChI is InChI=1S/C17H12ClN3O3S/c18-12-3-9-15(10-4-12)24-17(16-2-1-11-25-16)20-19-13-5-7-14(8-6-13)21(22)23/h1-11,19H/b20-17-. The molecule has 3 aromatic rings. The highest BCUT2D eigenvalue weighted by molar-refractivity contribution is 7.12. The molecule has 0 saturated carbocycles. The van der Waals surface area contributed by atoms with Gasteiger partial charge >= 0.3 is 0 Å². The molecule has 0 fully saturated rings. The number of nitrogens with one attached hydrogen (secondary N) is 1. The van der Waals surface area contributed by atoms with Crippen molar-refractivity contribution in [2.75, 3.05) is 5.43 Å². The van der Waals surface area contributed by atoms with E-state index in [1.807, 2.05) is 17.5 Å². The highest BCUT2D eigenvalue weighted by Crippen LogP contribution is 2.20. The fourth-order valence-corrected chi connectivity index (χ4v) is 2.69. The molecule has 6 nitrogen and oxygen atoms in total. The molecular formula is C17H12ClN3O3S. The maximum Gasteiger partial charge on any atom is 0.269 e. The van der Waals surface area contributed by atoms with Gasteiger partial charge in [-0.3, -0.25) is 15.5 Å². The van der Waals surface area contributed by atoms with E-state index in [9.17, 15) is 10.1 Å². The largest absolute Gasteiger partial charge is 0.437 e. The van der Waals surface area contributed by atoms with Gasteiger partial charge in [-0.15, -0.1) is 16.4 Å². The van der Waals surface area contributed by atoms with Gasteiger partial charge in [-0.2, -0.15) is 0 Å². The lowest BCUT2D eigenvalue weighted by molar-refractivity contribution is -0.384. The number of nitrogens with zero attached hydrogens (tertiary/aromatic N) is 2. The van der Waals surface area contributed by atoms with E-state index in [1.54, 1.807) is 36.4 Å². The van der Waals surface area contributed by atoms with Gasteiger partial charge in [0, 0.05) is 17.2 Å². The molecular weight excluding hydrogens is 362 g/mol.